The third-order valence-electron chi connectivity index (χ3n) is 0.734. The van der Waals surface area contributed by atoms with E-state index in [4.69, 9.17) is 5.11 Å². The van der Waals surface area contributed by atoms with Crippen molar-refractivity contribution in [2.75, 3.05) is 28.2 Å². The van der Waals surface area contributed by atoms with Gasteiger partial charge in [0.15, 0.2) is 0 Å². The second-order valence-corrected chi connectivity index (χ2v) is 4.30. The van der Waals surface area contributed by atoms with Crippen molar-refractivity contribution in [2.45, 2.75) is 18.2 Å². The van der Waals surface area contributed by atoms with Gasteiger partial charge in [0.25, 0.3) is 0 Å². The predicted octanol–water partition coefficient (Wildman–Crippen LogP) is 2.09. The molecule has 9 heteroatoms. The van der Waals surface area contributed by atoms with Gasteiger partial charge in [0.1, 0.15) is 0 Å². The minimum absolute atomic E-state index is 1.00. The van der Waals surface area contributed by atoms with Crippen molar-refractivity contribution in [2.24, 2.45) is 0 Å². The lowest BCUT2D eigenvalue weighted by atomic mass is 10.3. The lowest BCUT2D eigenvalue weighted by molar-refractivity contribution is -0.849. The number of quaternary nitrogens is 1. The molecule has 0 fully saturated rings. The zero-order chi connectivity index (χ0) is 14.0. The Bertz CT molecular complexity index is 190. The molecule has 0 unspecified atom stereocenters. The highest BCUT2D eigenvalue weighted by atomic mass is 19.4. The van der Waals surface area contributed by atoms with Crippen molar-refractivity contribution in [1.82, 2.24) is 0 Å². The molecule has 2 nitrogen and oxygen atoms in total. The van der Waals surface area contributed by atoms with Gasteiger partial charge in [-0.25, -0.2) is 0 Å². The summed E-state index contributed by atoms with van der Waals surface area (Å²) in [6, 6.07) is 0. The van der Waals surface area contributed by atoms with Crippen molar-refractivity contribution in [1.29, 1.82) is 0 Å². The molecule has 0 aliphatic heterocycles. The molecule has 0 saturated heterocycles. The van der Waals surface area contributed by atoms with Gasteiger partial charge in [-0.1, -0.05) is 0 Å². The van der Waals surface area contributed by atoms with E-state index in [-0.39, 0.29) is 0 Å². The van der Waals surface area contributed by atoms with Gasteiger partial charge in [-0.3, -0.25) is 0 Å². The van der Waals surface area contributed by atoms with E-state index in [0.717, 1.165) is 4.48 Å². The second-order valence-electron chi connectivity index (χ2n) is 4.30. The molecule has 0 bridgehead atoms. The summed E-state index contributed by atoms with van der Waals surface area (Å²) in [7, 11) is 8.50. The van der Waals surface area contributed by atoms with E-state index in [1.165, 1.54) is 0 Å². The van der Waals surface area contributed by atoms with Gasteiger partial charge in [0, 0.05) is 0 Å². The van der Waals surface area contributed by atoms with Crippen LogP contribution in [0.5, 0.6) is 0 Å². The van der Waals surface area contributed by atoms with Crippen molar-refractivity contribution < 1.29 is 40.3 Å². The Morgan fingerprint density at radius 3 is 0.938 bits per heavy atom. The fraction of sp³-hybridized carbons (Fsp3) is 1.00. The lowest BCUT2D eigenvalue weighted by Gasteiger charge is -2.23. The first-order valence-corrected chi connectivity index (χ1v) is 3.84. The molecular formula is C7H13F7NO+. The van der Waals surface area contributed by atoms with Gasteiger partial charge in [0.2, 0.25) is 0 Å². The van der Waals surface area contributed by atoms with Gasteiger partial charge in [-0.05, 0) is 0 Å². The Kier molecular flexibility index (Phi) is 5.28. The van der Waals surface area contributed by atoms with E-state index in [0.29, 0.717) is 0 Å². The molecule has 0 amide bonds. The van der Waals surface area contributed by atoms with Crippen LogP contribution in [0.4, 0.5) is 30.7 Å². The van der Waals surface area contributed by atoms with E-state index < -0.39 is 18.2 Å². The molecule has 0 aromatic heterocycles. The molecule has 0 aliphatic rings. The highest BCUT2D eigenvalue weighted by molar-refractivity contribution is 4.82. The van der Waals surface area contributed by atoms with E-state index in [1.54, 1.807) is 0 Å². The Morgan fingerprint density at radius 1 is 0.750 bits per heavy atom. The van der Waals surface area contributed by atoms with Gasteiger partial charge < -0.3 is 9.59 Å². The fourth-order valence-corrected chi connectivity index (χ4v) is 0.171. The number of nitrogens with zero attached hydrogens (tertiary/aromatic N) is 1. The molecule has 0 spiro atoms. The maximum absolute atomic E-state index is 11.3. The monoisotopic (exact) mass is 260 g/mol. The first-order valence-electron chi connectivity index (χ1n) is 3.84. The van der Waals surface area contributed by atoms with Crippen LogP contribution in [0.1, 0.15) is 0 Å². The van der Waals surface area contributed by atoms with E-state index >= 15 is 0 Å². The maximum Gasteiger partial charge on any atom is 0.462 e. The van der Waals surface area contributed by atoms with Crippen molar-refractivity contribution in [3.63, 3.8) is 0 Å². The van der Waals surface area contributed by atoms with Crippen LogP contribution in [0.15, 0.2) is 0 Å². The van der Waals surface area contributed by atoms with E-state index in [9.17, 15) is 30.7 Å². The minimum Gasteiger partial charge on any atom is -0.333 e. The van der Waals surface area contributed by atoms with E-state index in [2.05, 4.69) is 28.2 Å². The first kappa shape index (κ1) is 17.8. The fourth-order valence-electron chi connectivity index (χ4n) is 0.171. The first-order chi connectivity index (χ1) is 6.50. The lowest BCUT2D eigenvalue weighted by Crippen LogP contribution is -2.51. The van der Waals surface area contributed by atoms with Crippen LogP contribution >= 0.6 is 0 Å². The summed E-state index contributed by atoms with van der Waals surface area (Å²) in [6.45, 7) is 0. The largest absolute Gasteiger partial charge is 0.462 e. The van der Waals surface area contributed by atoms with Gasteiger partial charge >= 0.3 is 18.2 Å². The summed E-state index contributed by atoms with van der Waals surface area (Å²) in [5.74, 6) is -6.40. The van der Waals surface area contributed by atoms with Gasteiger partial charge in [-0.2, -0.15) is 30.7 Å². The number of alkyl halides is 7. The Hall–Kier alpha value is -0.570. The van der Waals surface area contributed by atoms with Crippen LogP contribution in [0, 0.1) is 0 Å². The van der Waals surface area contributed by atoms with Crippen molar-refractivity contribution in [3.05, 3.63) is 0 Å². The zero-order valence-corrected chi connectivity index (χ0v) is 9.04. The summed E-state index contributed by atoms with van der Waals surface area (Å²) in [6.07, 6.45) is -12.5. The second kappa shape index (κ2) is 4.74. The standard InChI is InChI=1S/C4H12N.C3HF7O/c1-5(2,3)4;4-1(5,2(6,7)8)3(9,10)11/h1-4H3;11H/q+1;. The van der Waals surface area contributed by atoms with Gasteiger partial charge in [0.05, 0.1) is 28.2 Å². The Balaban J connectivity index is 0. The topological polar surface area (TPSA) is 20.2 Å². The number of rotatable bonds is 1. The Morgan fingerprint density at radius 2 is 0.938 bits per heavy atom. The summed E-state index contributed by atoms with van der Waals surface area (Å²) < 4.78 is 78.6. The molecule has 0 rings (SSSR count). The van der Waals surface area contributed by atoms with Crippen molar-refractivity contribution in [3.8, 4) is 0 Å². The third-order valence-corrected chi connectivity index (χ3v) is 0.734. The van der Waals surface area contributed by atoms with E-state index in [1.807, 2.05) is 0 Å². The SMILES string of the molecule is C[N+](C)(C)C.OC(F)(F)C(F)(F)C(F)(F)F. The molecule has 0 saturated carbocycles. The number of hydrogen-bond donors (Lipinski definition) is 1. The molecule has 0 aromatic rings. The van der Waals surface area contributed by atoms with Crippen LogP contribution in [0.3, 0.4) is 0 Å². The van der Waals surface area contributed by atoms with Crippen LogP contribution in [0.25, 0.3) is 0 Å². The minimum atomic E-state index is -6.45. The average Bonchev–Trinajstić information content (AvgIpc) is 1.76. The summed E-state index contributed by atoms with van der Waals surface area (Å²) in [5.41, 5.74) is 0. The van der Waals surface area contributed by atoms with Crippen molar-refractivity contribution >= 4 is 0 Å². The Labute approximate surface area is 87.9 Å². The molecule has 1 N–H and O–H groups in total. The smallest absolute Gasteiger partial charge is 0.333 e. The quantitative estimate of drug-likeness (QED) is 0.565. The molecule has 0 aromatic carbocycles. The molecular weight excluding hydrogens is 247 g/mol. The van der Waals surface area contributed by atoms with Crippen LogP contribution in [-0.4, -0.2) is 56.0 Å². The molecule has 100 valence electrons. The summed E-state index contributed by atoms with van der Waals surface area (Å²) in [4.78, 5) is 0. The molecule has 0 atom stereocenters. The molecule has 0 heterocycles. The zero-order valence-electron chi connectivity index (χ0n) is 9.04. The molecule has 0 radical (unpaired) electrons. The maximum atomic E-state index is 11.3. The molecule has 16 heavy (non-hydrogen) atoms. The normalized spacial score (nSPS) is 14.2. The third kappa shape index (κ3) is 6.83. The summed E-state index contributed by atoms with van der Waals surface area (Å²) >= 11 is 0. The van der Waals surface area contributed by atoms with Crippen LogP contribution in [0.2, 0.25) is 0 Å². The number of hydrogen-bond acceptors (Lipinski definition) is 1. The van der Waals surface area contributed by atoms with Crippen LogP contribution in [-0.2, 0) is 0 Å². The molecule has 0 aliphatic carbocycles. The predicted molar refractivity (Wildman–Crippen MR) is 42.1 cm³/mol. The van der Waals surface area contributed by atoms with Gasteiger partial charge in [-0.15, -0.1) is 0 Å². The highest BCUT2D eigenvalue weighted by Gasteiger charge is 2.73. The number of aliphatic hydroxyl groups is 1. The van der Waals surface area contributed by atoms with Crippen LogP contribution < -0.4 is 0 Å². The highest BCUT2D eigenvalue weighted by Crippen LogP contribution is 2.44. The average molecular weight is 260 g/mol. The summed E-state index contributed by atoms with van der Waals surface area (Å²) in [5, 5.41) is 7.08. The number of halogens is 7.